The summed E-state index contributed by atoms with van der Waals surface area (Å²) in [7, 11) is 0. The van der Waals surface area contributed by atoms with Gasteiger partial charge in [-0.25, -0.2) is 4.99 Å². The van der Waals surface area contributed by atoms with Crippen molar-refractivity contribution in [2.45, 2.75) is 19.3 Å². The molecule has 26 heavy (non-hydrogen) atoms. The highest BCUT2D eigenvalue weighted by atomic mass is 32.2. The maximum atomic E-state index is 12.2. The van der Waals surface area contributed by atoms with Crippen LogP contribution in [0, 0.1) is 5.41 Å². The van der Waals surface area contributed by atoms with E-state index in [1.54, 1.807) is 22.4 Å². The number of amides is 3. The normalized spacial score (nSPS) is 19.3. The average Bonchev–Trinajstić information content (AvgIpc) is 3.18. The molecule has 2 aliphatic rings. The van der Waals surface area contributed by atoms with Gasteiger partial charge in [-0.15, -0.1) is 11.3 Å². The second-order valence-electron chi connectivity index (χ2n) is 5.69. The Morgan fingerprint density at radius 2 is 2.12 bits per heavy atom. The van der Waals surface area contributed by atoms with Crippen LogP contribution in [0.3, 0.4) is 0 Å². The van der Waals surface area contributed by atoms with Gasteiger partial charge in [0.15, 0.2) is 16.7 Å². The van der Waals surface area contributed by atoms with E-state index in [1.807, 2.05) is 0 Å². The van der Waals surface area contributed by atoms with Gasteiger partial charge >= 0.3 is 0 Å². The first-order valence-electron chi connectivity index (χ1n) is 8.10. The molecule has 3 rings (SSSR count). The molecule has 3 heterocycles. The van der Waals surface area contributed by atoms with Crippen molar-refractivity contribution in [3.8, 4) is 0 Å². The third-order valence-electron chi connectivity index (χ3n) is 3.86. The van der Waals surface area contributed by atoms with Crippen LogP contribution in [0.25, 0.3) is 0 Å². The first-order valence-corrected chi connectivity index (χ1v) is 9.97. The van der Waals surface area contributed by atoms with Gasteiger partial charge in [-0.05, 0) is 30.7 Å². The van der Waals surface area contributed by atoms with Crippen molar-refractivity contribution in [3.63, 3.8) is 0 Å². The van der Waals surface area contributed by atoms with Gasteiger partial charge in [0, 0.05) is 13.1 Å². The van der Waals surface area contributed by atoms with Gasteiger partial charge in [-0.1, -0.05) is 17.8 Å². The van der Waals surface area contributed by atoms with Gasteiger partial charge in [0.1, 0.15) is 0 Å². The minimum atomic E-state index is -0.664. The van der Waals surface area contributed by atoms with Gasteiger partial charge in [-0.3, -0.25) is 25.1 Å². The minimum Gasteiger partial charge on any atom is -0.342 e. The molecular weight excluding hydrogens is 374 g/mol. The number of thiophene rings is 1. The molecule has 1 fully saturated rings. The Hall–Kier alpha value is -2.33. The fraction of sp³-hybridized carbons (Fsp3) is 0.375. The number of nitrogens with zero attached hydrogens (tertiary/aromatic N) is 3. The van der Waals surface area contributed by atoms with Gasteiger partial charge in [0.25, 0.3) is 11.8 Å². The number of amidine groups is 2. The van der Waals surface area contributed by atoms with Crippen molar-refractivity contribution in [1.29, 1.82) is 5.41 Å². The lowest BCUT2D eigenvalue weighted by molar-refractivity contribution is -0.129. The lowest BCUT2D eigenvalue weighted by Gasteiger charge is -2.26. The number of hydrogen-bond acceptors (Lipinski definition) is 6. The quantitative estimate of drug-likeness (QED) is 0.813. The number of piperidine rings is 1. The Morgan fingerprint density at radius 3 is 2.77 bits per heavy atom. The SMILES string of the molecule is N=C1N=C(SCC(=O)N2CCCCC2)NC(=O)C1=NC(=O)c1cccs1. The van der Waals surface area contributed by atoms with Crippen molar-refractivity contribution in [3.05, 3.63) is 22.4 Å². The number of carbonyl (C=O) groups is 3. The molecular formula is C16H17N5O3S2. The largest absolute Gasteiger partial charge is 0.342 e. The van der Waals surface area contributed by atoms with E-state index >= 15 is 0 Å². The van der Waals surface area contributed by atoms with Crippen molar-refractivity contribution < 1.29 is 14.4 Å². The summed E-state index contributed by atoms with van der Waals surface area (Å²) in [6.45, 7) is 1.52. The molecule has 1 aromatic rings. The zero-order chi connectivity index (χ0) is 18.5. The van der Waals surface area contributed by atoms with Crippen LogP contribution >= 0.6 is 23.1 Å². The summed E-state index contributed by atoms with van der Waals surface area (Å²) in [6.07, 6.45) is 3.16. The zero-order valence-corrected chi connectivity index (χ0v) is 15.5. The predicted molar refractivity (Wildman–Crippen MR) is 102 cm³/mol. The Labute approximate surface area is 158 Å². The molecule has 1 aromatic heterocycles. The summed E-state index contributed by atoms with van der Waals surface area (Å²) in [5.41, 5.74) is -0.324. The molecule has 0 saturated carbocycles. The fourth-order valence-corrected chi connectivity index (χ4v) is 3.91. The molecule has 0 aromatic carbocycles. The molecule has 10 heteroatoms. The predicted octanol–water partition coefficient (Wildman–Crippen LogP) is 1.54. The molecule has 0 radical (unpaired) electrons. The van der Waals surface area contributed by atoms with E-state index < -0.39 is 11.8 Å². The van der Waals surface area contributed by atoms with Gasteiger partial charge in [0.05, 0.1) is 10.6 Å². The van der Waals surface area contributed by atoms with Crippen LogP contribution in [0.15, 0.2) is 27.5 Å². The van der Waals surface area contributed by atoms with E-state index in [2.05, 4.69) is 15.3 Å². The molecule has 2 aliphatic heterocycles. The minimum absolute atomic E-state index is 0.00878. The summed E-state index contributed by atoms with van der Waals surface area (Å²) in [5, 5.41) is 12.3. The van der Waals surface area contributed by atoms with E-state index in [0.717, 1.165) is 44.1 Å². The van der Waals surface area contributed by atoms with Crippen LogP contribution in [0.5, 0.6) is 0 Å². The van der Waals surface area contributed by atoms with Crippen molar-refractivity contribution in [2.75, 3.05) is 18.8 Å². The van der Waals surface area contributed by atoms with Crippen LogP contribution in [-0.4, -0.2) is 58.2 Å². The van der Waals surface area contributed by atoms with Crippen molar-refractivity contribution >= 4 is 57.5 Å². The molecule has 8 nitrogen and oxygen atoms in total. The first kappa shape index (κ1) is 18.5. The van der Waals surface area contributed by atoms with Gasteiger partial charge in [0.2, 0.25) is 5.91 Å². The monoisotopic (exact) mass is 391 g/mol. The van der Waals surface area contributed by atoms with Crippen LogP contribution in [0.4, 0.5) is 0 Å². The van der Waals surface area contributed by atoms with E-state index in [9.17, 15) is 14.4 Å². The number of thioether (sulfide) groups is 1. The standard InChI is InChI=1S/C16H17N5O3S2/c17-13-12(18-14(23)10-5-4-8-25-10)15(24)20-16(19-13)26-9-11(22)21-6-2-1-3-7-21/h4-5,8H,1-3,6-7,9H2,(H2,17,19,20,24). The van der Waals surface area contributed by atoms with Crippen molar-refractivity contribution in [1.82, 2.24) is 10.2 Å². The van der Waals surface area contributed by atoms with Crippen LogP contribution in [-0.2, 0) is 9.59 Å². The van der Waals surface area contributed by atoms with E-state index in [4.69, 9.17) is 5.41 Å². The molecule has 136 valence electrons. The highest BCUT2D eigenvalue weighted by Crippen LogP contribution is 2.14. The second-order valence-corrected chi connectivity index (χ2v) is 7.60. The Morgan fingerprint density at radius 1 is 1.35 bits per heavy atom. The first-order chi connectivity index (χ1) is 12.5. The maximum Gasteiger partial charge on any atom is 0.287 e. The van der Waals surface area contributed by atoms with Gasteiger partial charge < -0.3 is 4.90 Å². The van der Waals surface area contributed by atoms with E-state index in [0.29, 0.717) is 4.88 Å². The topological polar surface area (TPSA) is 115 Å². The zero-order valence-electron chi connectivity index (χ0n) is 13.9. The molecule has 0 bridgehead atoms. The van der Waals surface area contributed by atoms with E-state index in [-0.39, 0.29) is 28.4 Å². The fourth-order valence-electron chi connectivity index (χ4n) is 2.54. The number of carbonyl (C=O) groups excluding carboxylic acids is 3. The molecule has 0 atom stereocenters. The highest BCUT2D eigenvalue weighted by molar-refractivity contribution is 8.14. The average molecular weight is 391 g/mol. The summed E-state index contributed by atoms with van der Waals surface area (Å²) < 4.78 is 0. The number of likely N-dealkylation sites (tertiary alicyclic amines) is 1. The Bertz CT molecular complexity index is 795. The summed E-state index contributed by atoms with van der Waals surface area (Å²) in [4.78, 5) is 46.1. The molecule has 0 aliphatic carbocycles. The number of rotatable bonds is 3. The number of aliphatic imine (C=N–C) groups is 2. The van der Waals surface area contributed by atoms with Gasteiger partial charge in [-0.2, -0.15) is 4.99 Å². The molecule has 0 spiro atoms. The third kappa shape index (κ3) is 4.44. The van der Waals surface area contributed by atoms with Crippen LogP contribution in [0.2, 0.25) is 0 Å². The van der Waals surface area contributed by atoms with E-state index in [1.165, 1.54) is 11.3 Å². The maximum absolute atomic E-state index is 12.2. The van der Waals surface area contributed by atoms with Crippen LogP contribution < -0.4 is 5.32 Å². The number of hydrogen-bond donors (Lipinski definition) is 2. The lowest BCUT2D eigenvalue weighted by atomic mass is 10.1. The molecule has 3 amide bonds. The third-order valence-corrected chi connectivity index (χ3v) is 5.58. The lowest BCUT2D eigenvalue weighted by Crippen LogP contribution is -2.44. The summed E-state index contributed by atoms with van der Waals surface area (Å²) in [5.74, 6) is -1.49. The molecule has 2 N–H and O–H groups in total. The summed E-state index contributed by atoms with van der Waals surface area (Å²) >= 11 is 2.28. The smallest absolute Gasteiger partial charge is 0.287 e. The summed E-state index contributed by atoms with van der Waals surface area (Å²) in [6, 6.07) is 3.30. The Kier molecular flexibility index (Phi) is 5.94. The van der Waals surface area contributed by atoms with Crippen LogP contribution in [0.1, 0.15) is 28.9 Å². The highest BCUT2D eigenvalue weighted by Gasteiger charge is 2.27. The molecule has 0 unspecified atom stereocenters. The van der Waals surface area contributed by atoms with Crippen molar-refractivity contribution in [2.24, 2.45) is 9.98 Å². The molecule has 1 saturated heterocycles. The Balaban J connectivity index is 1.61. The second kappa shape index (κ2) is 8.37. The number of nitrogens with one attached hydrogen (secondary N) is 2.